The molecule has 1 atom stereocenters. The molecule has 6 heteroatoms. The Morgan fingerprint density at radius 2 is 1.85 bits per heavy atom. The molecule has 0 saturated carbocycles. The van der Waals surface area contributed by atoms with E-state index in [9.17, 15) is 9.59 Å². The summed E-state index contributed by atoms with van der Waals surface area (Å²) in [7, 11) is 0. The van der Waals surface area contributed by atoms with Crippen molar-refractivity contribution in [3.8, 4) is 0 Å². The van der Waals surface area contributed by atoms with E-state index in [1.54, 1.807) is 24.0 Å². The molecule has 0 aliphatic carbocycles. The molecule has 0 spiro atoms. The number of nitrogens with one attached hydrogen (secondary N) is 1. The van der Waals surface area contributed by atoms with Crippen molar-refractivity contribution >= 4 is 39.3 Å². The maximum absolute atomic E-state index is 13.0. The van der Waals surface area contributed by atoms with Crippen molar-refractivity contribution in [2.45, 2.75) is 39.3 Å². The van der Waals surface area contributed by atoms with Gasteiger partial charge in [-0.3, -0.25) is 9.59 Å². The van der Waals surface area contributed by atoms with Crippen molar-refractivity contribution in [1.82, 2.24) is 10.2 Å². The molecule has 0 fully saturated rings. The number of halogens is 2. The van der Waals surface area contributed by atoms with Crippen LogP contribution in [0.5, 0.6) is 0 Å². The predicted molar refractivity (Wildman–Crippen MR) is 113 cm³/mol. The Labute approximate surface area is 174 Å². The zero-order valence-corrected chi connectivity index (χ0v) is 17.9. The van der Waals surface area contributed by atoms with Crippen LogP contribution in [0.1, 0.15) is 31.4 Å². The summed E-state index contributed by atoms with van der Waals surface area (Å²) in [5, 5.41) is 3.47. The van der Waals surface area contributed by atoms with Gasteiger partial charge in [0.1, 0.15) is 6.04 Å². The number of benzene rings is 2. The SMILES string of the molecule is CCCNC(=O)[C@H](C)N(Cc1ccc(Br)cc1)C(=O)Cc1cccc(Cl)c1. The quantitative estimate of drug-likeness (QED) is 0.638. The minimum Gasteiger partial charge on any atom is -0.354 e. The lowest BCUT2D eigenvalue weighted by Crippen LogP contribution is -2.48. The van der Waals surface area contributed by atoms with Crippen LogP contribution in [-0.2, 0) is 22.6 Å². The van der Waals surface area contributed by atoms with Gasteiger partial charge in [-0.25, -0.2) is 0 Å². The van der Waals surface area contributed by atoms with Gasteiger partial charge in [0, 0.05) is 22.6 Å². The maximum atomic E-state index is 13.0. The molecule has 2 aromatic carbocycles. The molecular formula is C21H24BrClN2O2. The molecule has 144 valence electrons. The fourth-order valence-electron chi connectivity index (χ4n) is 2.69. The summed E-state index contributed by atoms with van der Waals surface area (Å²) in [5.41, 5.74) is 1.79. The summed E-state index contributed by atoms with van der Waals surface area (Å²) >= 11 is 9.44. The van der Waals surface area contributed by atoms with Crippen molar-refractivity contribution in [3.63, 3.8) is 0 Å². The average molecular weight is 452 g/mol. The van der Waals surface area contributed by atoms with Crippen molar-refractivity contribution in [2.75, 3.05) is 6.54 Å². The maximum Gasteiger partial charge on any atom is 0.242 e. The number of rotatable bonds is 8. The Kier molecular flexibility index (Phi) is 8.32. The Balaban J connectivity index is 2.20. The highest BCUT2D eigenvalue weighted by Gasteiger charge is 2.26. The fourth-order valence-corrected chi connectivity index (χ4v) is 3.17. The van der Waals surface area contributed by atoms with Gasteiger partial charge in [-0.1, -0.05) is 58.7 Å². The van der Waals surface area contributed by atoms with Crippen LogP contribution in [0.3, 0.4) is 0 Å². The molecule has 0 radical (unpaired) electrons. The number of hydrogen-bond donors (Lipinski definition) is 1. The third kappa shape index (κ3) is 6.67. The third-order valence-corrected chi connectivity index (χ3v) is 4.99. The van der Waals surface area contributed by atoms with Gasteiger partial charge in [-0.15, -0.1) is 0 Å². The fraction of sp³-hybridized carbons (Fsp3) is 0.333. The highest BCUT2D eigenvalue weighted by Crippen LogP contribution is 2.17. The molecule has 0 aliphatic rings. The predicted octanol–water partition coefficient (Wildman–Crippen LogP) is 4.59. The molecule has 2 amide bonds. The summed E-state index contributed by atoms with van der Waals surface area (Å²) in [6, 6.07) is 14.4. The van der Waals surface area contributed by atoms with Crippen LogP contribution in [0.25, 0.3) is 0 Å². The number of amides is 2. The molecule has 0 unspecified atom stereocenters. The first kappa shape index (κ1) is 21.5. The van der Waals surface area contributed by atoms with Crippen molar-refractivity contribution in [2.24, 2.45) is 0 Å². The van der Waals surface area contributed by atoms with Gasteiger partial charge in [0.2, 0.25) is 11.8 Å². The van der Waals surface area contributed by atoms with Gasteiger partial charge in [-0.2, -0.15) is 0 Å². The lowest BCUT2D eigenvalue weighted by molar-refractivity contribution is -0.140. The van der Waals surface area contributed by atoms with Crippen LogP contribution in [0.2, 0.25) is 5.02 Å². The smallest absolute Gasteiger partial charge is 0.242 e. The van der Waals surface area contributed by atoms with Crippen molar-refractivity contribution in [3.05, 3.63) is 69.2 Å². The second-order valence-corrected chi connectivity index (χ2v) is 7.77. The highest BCUT2D eigenvalue weighted by atomic mass is 79.9. The third-order valence-electron chi connectivity index (χ3n) is 4.23. The first-order valence-electron chi connectivity index (χ1n) is 8.96. The van der Waals surface area contributed by atoms with E-state index in [-0.39, 0.29) is 18.2 Å². The molecule has 0 heterocycles. The molecule has 0 aliphatic heterocycles. The zero-order valence-electron chi connectivity index (χ0n) is 15.5. The van der Waals surface area contributed by atoms with Crippen LogP contribution in [-0.4, -0.2) is 29.3 Å². The van der Waals surface area contributed by atoms with E-state index in [1.165, 1.54) is 0 Å². The molecule has 0 aromatic heterocycles. The normalized spacial score (nSPS) is 11.7. The number of carbonyl (C=O) groups excluding carboxylic acids is 2. The van der Waals surface area contributed by atoms with Crippen LogP contribution in [0.15, 0.2) is 53.0 Å². The topological polar surface area (TPSA) is 49.4 Å². The van der Waals surface area contributed by atoms with Gasteiger partial charge in [-0.05, 0) is 48.7 Å². The van der Waals surface area contributed by atoms with Crippen LogP contribution in [0.4, 0.5) is 0 Å². The van der Waals surface area contributed by atoms with Gasteiger partial charge < -0.3 is 10.2 Å². The number of carbonyl (C=O) groups is 2. The molecule has 4 nitrogen and oxygen atoms in total. The average Bonchev–Trinajstić information content (AvgIpc) is 2.65. The van der Waals surface area contributed by atoms with Gasteiger partial charge in [0.15, 0.2) is 0 Å². The van der Waals surface area contributed by atoms with Gasteiger partial charge in [0.25, 0.3) is 0 Å². The summed E-state index contributed by atoms with van der Waals surface area (Å²) < 4.78 is 0.969. The Bertz CT molecular complexity index is 780. The molecule has 0 saturated heterocycles. The number of nitrogens with zero attached hydrogens (tertiary/aromatic N) is 1. The molecule has 2 rings (SSSR count). The summed E-state index contributed by atoms with van der Waals surface area (Å²) in [6.45, 7) is 4.72. The minimum absolute atomic E-state index is 0.112. The van der Waals surface area contributed by atoms with Crippen molar-refractivity contribution in [1.29, 1.82) is 0 Å². The molecule has 1 N–H and O–H groups in total. The van der Waals surface area contributed by atoms with E-state index in [1.807, 2.05) is 43.3 Å². The molecule has 27 heavy (non-hydrogen) atoms. The standard InChI is InChI=1S/C21H24BrClN2O2/c1-3-11-24-21(27)15(2)25(14-16-7-9-18(22)10-8-16)20(26)13-17-5-4-6-19(23)12-17/h4-10,12,15H,3,11,13-14H2,1-2H3,(H,24,27)/t15-/m0/s1. The Morgan fingerprint density at radius 3 is 2.48 bits per heavy atom. The van der Waals surface area contributed by atoms with E-state index >= 15 is 0 Å². The van der Waals surface area contributed by atoms with Crippen LogP contribution in [0, 0.1) is 0 Å². The monoisotopic (exact) mass is 450 g/mol. The van der Waals surface area contributed by atoms with Crippen LogP contribution < -0.4 is 5.32 Å². The largest absolute Gasteiger partial charge is 0.354 e. The second kappa shape index (κ2) is 10.5. The van der Waals surface area contributed by atoms with Crippen molar-refractivity contribution < 1.29 is 9.59 Å². The Hall–Kier alpha value is -1.85. The second-order valence-electron chi connectivity index (χ2n) is 6.42. The minimum atomic E-state index is -0.563. The molecular weight excluding hydrogens is 428 g/mol. The van der Waals surface area contributed by atoms with E-state index in [4.69, 9.17) is 11.6 Å². The first-order chi connectivity index (χ1) is 12.9. The summed E-state index contributed by atoms with van der Waals surface area (Å²) in [5.74, 6) is -0.257. The molecule has 0 bridgehead atoms. The number of hydrogen-bond acceptors (Lipinski definition) is 2. The highest BCUT2D eigenvalue weighted by molar-refractivity contribution is 9.10. The van der Waals surface area contributed by atoms with E-state index < -0.39 is 6.04 Å². The Morgan fingerprint density at radius 1 is 1.15 bits per heavy atom. The summed E-state index contributed by atoms with van der Waals surface area (Å²) in [4.78, 5) is 27.1. The van der Waals surface area contributed by atoms with Gasteiger partial charge >= 0.3 is 0 Å². The van der Waals surface area contributed by atoms with Gasteiger partial charge in [0.05, 0.1) is 6.42 Å². The van der Waals surface area contributed by atoms with Crippen LogP contribution >= 0.6 is 27.5 Å². The molecule has 2 aromatic rings. The first-order valence-corrected chi connectivity index (χ1v) is 10.1. The lowest BCUT2D eigenvalue weighted by Gasteiger charge is -2.29. The van der Waals surface area contributed by atoms with E-state index in [2.05, 4.69) is 21.2 Å². The lowest BCUT2D eigenvalue weighted by atomic mass is 10.1. The summed E-state index contributed by atoms with van der Waals surface area (Å²) in [6.07, 6.45) is 1.05. The van der Waals surface area contributed by atoms with E-state index in [0.29, 0.717) is 18.1 Å². The van der Waals surface area contributed by atoms with E-state index in [0.717, 1.165) is 22.0 Å². The zero-order chi connectivity index (χ0) is 19.8.